The summed E-state index contributed by atoms with van der Waals surface area (Å²) in [6, 6.07) is 14.6. The molecule has 89 valence electrons. The fourth-order valence-electron chi connectivity index (χ4n) is 1.99. The number of fused-ring (bicyclic) bond motifs is 2. The molecule has 1 radical (unpaired) electrons. The van der Waals surface area contributed by atoms with E-state index in [1.54, 1.807) is 11.8 Å². The van der Waals surface area contributed by atoms with E-state index in [9.17, 15) is 0 Å². The van der Waals surface area contributed by atoms with Crippen LogP contribution in [0.4, 0.5) is 11.4 Å². The van der Waals surface area contributed by atoms with Crippen LogP contribution in [-0.4, -0.2) is 5.49 Å². The monoisotopic (exact) mass is 271 g/mol. The highest BCUT2D eigenvalue weighted by atomic mass is 32.2. The van der Waals surface area contributed by atoms with Crippen molar-refractivity contribution in [2.75, 3.05) is 5.32 Å². The quantitative estimate of drug-likeness (QED) is 0.558. The van der Waals surface area contributed by atoms with Crippen LogP contribution in [0, 0.1) is 0 Å². The third-order valence-corrected chi connectivity index (χ3v) is 4.11. The van der Waals surface area contributed by atoms with Gasteiger partial charge in [-0.1, -0.05) is 48.2 Å². The van der Waals surface area contributed by atoms with Crippen molar-refractivity contribution < 1.29 is 0 Å². The number of thiocarbonyl (C=S) groups is 1. The number of benzene rings is 2. The molecule has 2 N–H and O–H groups in total. The number of hydrogen-bond donors (Lipinski definition) is 2. The molecule has 2 aromatic rings. The maximum atomic E-state index is 4.68. The lowest BCUT2D eigenvalue weighted by Crippen LogP contribution is -2.12. The van der Waals surface area contributed by atoms with Gasteiger partial charge in [0.25, 0.3) is 0 Å². The molecule has 0 aromatic heterocycles. The molecule has 1 aliphatic rings. The molecule has 1 heterocycles. The van der Waals surface area contributed by atoms with Gasteiger partial charge in [0.1, 0.15) is 5.49 Å². The molecule has 0 saturated carbocycles. The van der Waals surface area contributed by atoms with Crippen LogP contribution in [0.25, 0.3) is 0 Å². The highest BCUT2D eigenvalue weighted by molar-refractivity contribution is 7.99. The fourth-order valence-corrected chi connectivity index (χ4v) is 3.11. The van der Waals surface area contributed by atoms with Crippen LogP contribution in [0.5, 0.6) is 0 Å². The van der Waals surface area contributed by atoms with Gasteiger partial charge in [0, 0.05) is 16.3 Å². The van der Waals surface area contributed by atoms with Crippen LogP contribution in [0.1, 0.15) is 5.56 Å². The van der Waals surface area contributed by atoms with Gasteiger partial charge in [-0.05, 0) is 23.8 Å². The van der Waals surface area contributed by atoms with Gasteiger partial charge in [-0.25, -0.2) is 0 Å². The van der Waals surface area contributed by atoms with Crippen LogP contribution in [0.3, 0.4) is 0 Å². The van der Waals surface area contributed by atoms with E-state index in [0.717, 1.165) is 5.69 Å². The minimum absolute atomic E-state index is 0.697. The number of anilines is 2. The Morgan fingerprint density at radius 1 is 1.11 bits per heavy atom. The van der Waals surface area contributed by atoms with Gasteiger partial charge in [-0.15, -0.1) is 0 Å². The number of para-hydroxylation sites is 2. The molecular formula is C14H11N2S2. The van der Waals surface area contributed by atoms with Gasteiger partial charge >= 0.3 is 0 Å². The molecule has 4 heteroatoms. The van der Waals surface area contributed by atoms with Crippen LogP contribution in [0.2, 0.25) is 0 Å². The van der Waals surface area contributed by atoms with Crippen molar-refractivity contribution in [3.8, 4) is 0 Å². The number of rotatable bonds is 3. The van der Waals surface area contributed by atoms with E-state index in [0.29, 0.717) is 6.54 Å². The van der Waals surface area contributed by atoms with Crippen molar-refractivity contribution in [1.29, 1.82) is 0 Å². The molecule has 0 amide bonds. The first-order valence-electron chi connectivity index (χ1n) is 5.64. The van der Waals surface area contributed by atoms with Crippen molar-refractivity contribution in [3.63, 3.8) is 0 Å². The molecule has 0 atom stereocenters. The predicted molar refractivity (Wildman–Crippen MR) is 79.7 cm³/mol. The van der Waals surface area contributed by atoms with E-state index >= 15 is 0 Å². The molecule has 0 spiro atoms. The Bertz CT molecular complexity index is 596. The highest BCUT2D eigenvalue weighted by Gasteiger charge is 2.17. The first-order chi connectivity index (χ1) is 8.88. The summed E-state index contributed by atoms with van der Waals surface area (Å²) in [5.74, 6) is 0. The van der Waals surface area contributed by atoms with Crippen LogP contribution >= 0.6 is 24.0 Å². The van der Waals surface area contributed by atoms with Crippen LogP contribution in [0.15, 0.2) is 52.3 Å². The summed E-state index contributed by atoms with van der Waals surface area (Å²) in [5.41, 5.74) is 6.07. The summed E-state index contributed by atoms with van der Waals surface area (Å²) in [4.78, 5) is 2.51. The molecule has 0 bridgehead atoms. The second-order valence-electron chi connectivity index (χ2n) is 3.97. The van der Waals surface area contributed by atoms with Crippen molar-refractivity contribution in [3.05, 3.63) is 48.0 Å². The van der Waals surface area contributed by atoms with E-state index in [1.807, 2.05) is 6.07 Å². The predicted octanol–water partition coefficient (Wildman–Crippen LogP) is 3.82. The van der Waals surface area contributed by atoms with Gasteiger partial charge in [0.05, 0.1) is 11.4 Å². The smallest absolute Gasteiger partial charge is 0.134 e. The summed E-state index contributed by atoms with van der Waals surface area (Å²) in [7, 11) is 0. The minimum Gasteiger partial charge on any atom is -0.370 e. The van der Waals surface area contributed by atoms with Crippen molar-refractivity contribution in [1.82, 2.24) is 5.32 Å². The largest absolute Gasteiger partial charge is 0.370 e. The Kier molecular flexibility index (Phi) is 3.21. The van der Waals surface area contributed by atoms with Crippen molar-refractivity contribution in [2.45, 2.75) is 16.3 Å². The molecule has 3 rings (SSSR count). The molecule has 2 aromatic carbocycles. The van der Waals surface area contributed by atoms with Gasteiger partial charge in [-0.3, -0.25) is 0 Å². The zero-order valence-electron chi connectivity index (χ0n) is 9.57. The van der Waals surface area contributed by atoms with Crippen molar-refractivity contribution >= 4 is 40.8 Å². The van der Waals surface area contributed by atoms with E-state index in [-0.39, 0.29) is 0 Å². The number of hydrogen-bond acceptors (Lipinski definition) is 3. The second kappa shape index (κ2) is 5.00. The third-order valence-electron chi connectivity index (χ3n) is 2.83. The SMILES string of the molecule is S=[C]NCc1cccc2c1Nc1ccccc1S2. The van der Waals surface area contributed by atoms with E-state index < -0.39 is 0 Å². The van der Waals surface area contributed by atoms with Crippen LogP contribution < -0.4 is 10.6 Å². The Morgan fingerprint density at radius 2 is 1.94 bits per heavy atom. The Balaban J connectivity index is 1.99. The third kappa shape index (κ3) is 2.09. The normalized spacial score (nSPS) is 12.0. The first kappa shape index (κ1) is 11.6. The highest BCUT2D eigenvalue weighted by Crippen LogP contribution is 2.45. The maximum Gasteiger partial charge on any atom is 0.134 e. The molecule has 18 heavy (non-hydrogen) atoms. The molecular weight excluding hydrogens is 260 g/mol. The first-order valence-corrected chi connectivity index (χ1v) is 6.87. The Labute approximate surface area is 116 Å². The van der Waals surface area contributed by atoms with Gasteiger partial charge in [0.15, 0.2) is 0 Å². The molecule has 1 aliphatic heterocycles. The topological polar surface area (TPSA) is 24.1 Å². The molecule has 0 aliphatic carbocycles. The summed E-state index contributed by atoms with van der Waals surface area (Å²) >= 11 is 6.48. The summed E-state index contributed by atoms with van der Waals surface area (Å²) < 4.78 is 0. The van der Waals surface area contributed by atoms with Crippen molar-refractivity contribution in [2.24, 2.45) is 0 Å². The molecule has 0 saturated heterocycles. The maximum absolute atomic E-state index is 4.68. The summed E-state index contributed by atoms with van der Waals surface area (Å²) in [6.07, 6.45) is 0. The van der Waals surface area contributed by atoms with E-state index in [1.165, 1.54) is 21.0 Å². The Morgan fingerprint density at radius 3 is 2.83 bits per heavy atom. The minimum atomic E-state index is 0.697. The van der Waals surface area contributed by atoms with Crippen LogP contribution in [-0.2, 0) is 6.54 Å². The molecule has 2 nitrogen and oxygen atoms in total. The van der Waals surface area contributed by atoms with Gasteiger partial charge < -0.3 is 10.6 Å². The molecule has 0 fully saturated rings. The lowest BCUT2D eigenvalue weighted by molar-refractivity contribution is 0.940. The van der Waals surface area contributed by atoms with E-state index in [2.05, 4.69) is 64.7 Å². The second-order valence-corrected chi connectivity index (χ2v) is 5.26. The number of nitrogens with one attached hydrogen (secondary N) is 2. The average Bonchev–Trinajstić information content (AvgIpc) is 2.43. The average molecular weight is 271 g/mol. The summed E-state index contributed by atoms with van der Waals surface area (Å²) in [5, 5.41) is 6.45. The van der Waals surface area contributed by atoms with Gasteiger partial charge in [-0.2, -0.15) is 0 Å². The lowest BCUT2D eigenvalue weighted by Gasteiger charge is -2.23. The zero-order chi connectivity index (χ0) is 12.4. The molecule has 0 unspecified atom stereocenters. The zero-order valence-corrected chi connectivity index (χ0v) is 11.2. The lowest BCUT2D eigenvalue weighted by atomic mass is 10.1. The van der Waals surface area contributed by atoms with Gasteiger partial charge in [0.2, 0.25) is 0 Å². The standard InChI is InChI=1S/C14H11N2S2/c17-9-15-8-10-4-3-7-13-14(10)16-11-5-1-2-6-12(11)18-13/h1-7,16H,8H2,(H,15,17). The van der Waals surface area contributed by atoms with E-state index in [4.69, 9.17) is 0 Å². The Hall–Kier alpha value is -1.52. The fraction of sp³-hybridized carbons (Fsp3) is 0.0714. The summed E-state index contributed by atoms with van der Waals surface area (Å²) in [6.45, 7) is 0.697.